The molecule has 0 saturated heterocycles. The van der Waals surface area contributed by atoms with Gasteiger partial charge in [0.05, 0.1) is 11.1 Å². The van der Waals surface area contributed by atoms with Crippen LogP contribution >= 0.6 is 11.6 Å². The summed E-state index contributed by atoms with van der Waals surface area (Å²) in [4.78, 5) is 15.1. The largest absolute Gasteiger partial charge is 0.478 e. The highest BCUT2D eigenvalue weighted by Crippen LogP contribution is 2.42. The van der Waals surface area contributed by atoms with E-state index in [1.165, 1.54) is 5.56 Å². The van der Waals surface area contributed by atoms with Gasteiger partial charge in [-0.25, -0.2) is 0 Å². The molecule has 2 aliphatic rings. The van der Waals surface area contributed by atoms with Gasteiger partial charge in [-0.3, -0.25) is 9.69 Å². The monoisotopic (exact) mass is 431 g/mol. The lowest BCUT2D eigenvalue weighted by atomic mass is 10.0. The molecule has 0 atom stereocenters. The molecule has 5 heteroatoms. The molecular formula is C26H22ClNO3. The zero-order chi connectivity index (χ0) is 21.2. The summed E-state index contributed by atoms with van der Waals surface area (Å²) in [5.41, 5.74) is 3.74. The Morgan fingerprint density at radius 3 is 2.61 bits per heavy atom. The first-order valence-electron chi connectivity index (χ1n) is 10.4. The number of aryl methyl sites for hydroxylation is 1. The minimum Gasteiger partial charge on any atom is -0.478 e. The highest BCUT2D eigenvalue weighted by molar-refractivity contribution is 6.30. The van der Waals surface area contributed by atoms with E-state index < -0.39 is 0 Å². The van der Waals surface area contributed by atoms with Crippen LogP contribution in [0.3, 0.4) is 0 Å². The highest BCUT2D eigenvalue weighted by atomic mass is 35.5. The lowest BCUT2D eigenvalue weighted by Gasteiger charge is -2.29. The number of fused-ring (bicyclic) bond motifs is 3. The molecule has 0 N–H and O–H groups in total. The molecule has 2 heterocycles. The number of hydrogen-bond acceptors (Lipinski definition) is 4. The van der Waals surface area contributed by atoms with Gasteiger partial charge in [0.15, 0.2) is 5.76 Å². The average Bonchev–Trinajstić information content (AvgIpc) is 3.12. The van der Waals surface area contributed by atoms with E-state index in [1.54, 1.807) is 24.3 Å². The molecule has 4 nitrogen and oxygen atoms in total. The predicted octanol–water partition coefficient (Wildman–Crippen LogP) is 5.74. The summed E-state index contributed by atoms with van der Waals surface area (Å²) in [6, 6.07) is 21.5. The molecule has 0 amide bonds. The molecule has 0 spiro atoms. The summed E-state index contributed by atoms with van der Waals surface area (Å²) in [6.07, 6.45) is 3.83. The number of halogens is 1. The van der Waals surface area contributed by atoms with Crippen LogP contribution in [0.4, 0.5) is 0 Å². The molecule has 0 fully saturated rings. The van der Waals surface area contributed by atoms with Crippen molar-refractivity contribution in [2.24, 2.45) is 0 Å². The molecule has 0 bridgehead atoms. The summed E-state index contributed by atoms with van der Waals surface area (Å²) >= 11 is 5.96. The molecule has 0 saturated carbocycles. The Balaban J connectivity index is 1.31. The van der Waals surface area contributed by atoms with Gasteiger partial charge in [0.1, 0.15) is 18.2 Å². The maximum atomic E-state index is 12.9. The SMILES string of the molecule is O=C1/C(=C/c2ccc(Cl)cc2)Oc2c1ccc1c2CN(CCCc2ccccc2)CO1. The second kappa shape index (κ2) is 8.58. The topological polar surface area (TPSA) is 38.8 Å². The quantitative estimate of drug-likeness (QED) is 0.483. The molecule has 0 aromatic heterocycles. The van der Waals surface area contributed by atoms with Crippen molar-refractivity contribution in [1.82, 2.24) is 4.90 Å². The van der Waals surface area contributed by atoms with E-state index in [-0.39, 0.29) is 5.78 Å². The summed E-state index contributed by atoms with van der Waals surface area (Å²) in [5, 5.41) is 0.655. The van der Waals surface area contributed by atoms with Crippen LogP contribution in [-0.2, 0) is 13.0 Å². The van der Waals surface area contributed by atoms with Crippen molar-refractivity contribution in [1.29, 1.82) is 0 Å². The molecule has 0 unspecified atom stereocenters. The predicted molar refractivity (Wildman–Crippen MR) is 121 cm³/mol. The molecule has 0 aliphatic carbocycles. The molecule has 0 radical (unpaired) electrons. The summed E-state index contributed by atoms with van der Waals surface area (Å²) < 4.78 is 12.0. The number of benzene rings is 3. The number of ketones is 1. The van der Waals surface area contributed by atoms with Crippen LogP contribution in [0.15, 0.2) is 72.5 Å². The fraction of sp³-hybridized carbons (Fsp3) is 0.192. The Kier molecular flexibility index (Phi) is 5.49. The van der Waals surface area contributed by atoms with Gasteiger partial charge in [0.25, 0.3) is 0 Å². The number of carbonyl (C=O) groups is 1. The first-order chi connectivity index (χ1) is 15.2. The third-order valence-corrected chi connectivity index (χ3v) is 5.88. The van der Waals surface area contributed by atoms with Crippen LogP contribution < -0.4 is 9.47 Å². The third-order valence-electron chi connectivity index (χ3n) is 5.63. The standard InChI is InChI=1S/C26H22ClNO3/c27-20-10-8-19(9-11-20)15-24-25(29)21-12-13-23-22(26(21)31-24)16-28(17-30-23)14-4-7-18-5-2-1-3-6-18/h1-3,5-6,8-13,15H,4,7,14,16-17H2/b24-15-. The van der Waals surface area contributed by atoms with Crippen molar-refractivity contribution in [3.8, 4) is 11.5 Å². The molecule has 5 rings (SSSR count). The van der Waals surface area contributed by atoms with Gasteiger partial charge in [-0.1, -0.05) is 54.1 Å². The van der Waals surface area contributed by atoms with Crippen molar-refractivity contribution >= 4 is 23.5 Å². The van der Waals surface area contributed by atoms with Gasteiger partial charge in [-0.15, -0.1) is 0 Å². The first-order valence-corrected chi connectivity index (χ1v) is 10.8. The maximum absolute atomic E-state index is 12.9. The van der Waals surface area contributed by atoms with E-state index in [9.17, 15) is 4.79 Å². The minimum atomic E-state index is -0.103. The maximum Gasteiger partial charge on any atom is 0.231 e. The summed E-state index contributed by atoms with van der Waals surface area (Å²) in [5.74, 6) is 1.63. The van der Waals surface area contributed by atoms with Crippen LogP contribution in [0.5, 0.6) is 11.5 Å². The van der Waals surface area contributed by atoms with Crippen LogP contribution in [0.1, 0.15) is 33.5 Å². The molecule has 31 heavy (non-hydrogen) atoms. The molecule has 3 aromatic carbocycles. The Labute approximate surface area is 186 Å². The van der Waals surface area contributed by atoms with Gasteiger partial charge >= 0.3 is 0 Å². The van der Waals surface area contributed by atoms with Gasteiger partial charge in [0.2, 0.25) is 5.78 Å². The van der Waals surface area contributed by atoms with Crippen LogP contribution in [-0.4, -0.2) is 24.0 Å². The fourth-order valence-corrected chi connectivity index (χ4v) is 4.14. The van der Waals surface area contributed by atoms with Crippen molar-refractivity contribution in [2.45, 2.75) is 19.4 Å². The average molecular weight is 432 g/mol. The Morgan fingerprint density at radius 1 is 1.00 bits per heavy atom. The van der Waals surface area contributed by atoms with Crippen LogP contribution in [0.25, 0.3) is 6.08 Å². The van der Waals surface area contributed by atoms with E-state index >= 15 is 0 Å². The second-order valence-electron chi connectivity index (χ2n) is 7.83. The zero-order valence-electron chi connectivity index (χ0n) is 17.0. The number of ether oxygens (including phenoxy) is 2. The van der Waals surface area contributed by atoms with E-state index in [2.05, 4.69) is 29.2 Å². The minimum absolute atomic E-state index is 0.103. The molecule has 156 valence electrons. The van der Waals surface area contributed by atoms with Crippen LogP contribution in [0, 0.1) is 0 Å². The lowest BCUT2D eigenvalue weighted by Crippen LogP contribution is -2.33. The van der Waals surface area contributed by atoms with Crippen LogP contribution in [0.2, 0.25) is 5.02 Å². The Morgan fingerprint density at radius 2 is 1.81 bits per heavy atom. The van der Waals surface area contributed by atoms with Crippen molar-refractivity contribution in [3.63, 3.8) is 0 Å². The molecular weight excluding hydrogens is 410 g/mol. The number of carbonyl (C=O) groups excluding carboxylic acids is 1. The number of Topliss-reactive ketones (excluding diaryl/α,β-unsaturated/α-hetero) is 1. The van der Waals surface area contributed by atoms with Crippen molar-refractivity contribution < 1.29 is 14.3 Å². The van der Waals surface area contributed by atoms with Gasteiger partial charge in [-0.05, 0) is 54.3 Å². The summed E-state index contributed by atoms with van der Waals surface area (Å²) in [7, 11) is 0. The zero-order valence-corrected chi connectivity index (χ0v) is 17.8. The molecule has 3 aromatic rings. The van der Waals surface area contributed by atoms with Crippen molar-refractivity contribution in [2.75, 3.05) is 13.3 Å². The van der Waals surface area contributed by atoms with E-state index in [0.29, 0.717) is 35.4 Å². The number of allylic oxidation sites excluding steroid dienone is 1. The van der Waals surface area contributed by atoms with E-state index in [0.717, 1.165) is 36.3 Å². The smallest absolute Gasteiger partial charge is 0.231 e. The van der Waals surface area contributed by atoms with Gasteiger partial charge in [0, 0.05) is 18.1 Å². The van der Waals surface area contributed by atoms with E-state index in [4.69, 9.17) is 21.1 Å². The highest BCUT2D eigenvalue weighted by Gasteiger charge is 2.33. The summed E-state index contributed by atoms with van der Waals surface area (Å²) in [6.45, 7) is 2.16. The Bertz CT molecular complexity index is 1140. The number of nitrogens with zero attached hydrogens (tertiary/aromatic N) is 1. The number of rotatable bonds is 5. The van der Waals surface area contributed by atoms with Gasteiger partial charge < -0.3 is 9.47 Å². The third kappa shape index (κ3) is 4.22. The second-order valence-corrected chi connectivity index (χ2v) is 8.26. The van der Waals surface area contributed by atoms with E-state index in [1.807, 2.05) is 24.3 Å². The molecule has 2 aliphatic heterocycles. The number of hydrogen-bond donors (Lipinski definition) is 0. The van der Waals surface area contributed by atoms with Crippen molar-refractivity contribution in [3.05, 3.63) is 99.8 Å². The Hall–Kier alpha value is -3.08. The lowest BCUT2D eigenvalue weighted by molar-refractivity contribution is 0.0928. The first kappa shape index (κ1) is 19.9. The fourth-order valence-electron chi connectivity index (χ4n) is 4.01. The normalized spacial score (nSPS) is 16.5. The van der Waals surface area contributed by atoms with Gasteiger partial charge in [-0.2, -0.15) is 0 Å².